The molecule has 0 bridgehead atoms. The van der Waals surface area contributed by atoms with E-state index in [-0.39, 0.29) is 41.8 Å². The minimum absolute atomic E-state index is 0. The molecule has 0 radical (unpaired) electrons. The first-order valence-electron chi connectivity index (χ1n) is 9.11. The largest absolute Gasteiger partial charge is 0.466 e. The fraction of sp³-hybridized carbons (Fsp3) is 0.647. The molecule has 0 spiro atoms. The first kappa shape index (κ1) is 25.2. The van der Waals surface area contributed by atoms with Gasteiger partial charge in [0.25, 0.3) is 0 Å². The Kier molecular flexibility index (Phi) is 10.4. The lowest BCUT2D eigenvalue weighted by Crippen LogP contribution is -2.47. The van der Waals surface area contributed by atoms with Crippen molar-refractivity contribution < 1.29 is 22.7 Å². The van der Waals surface area contributed by atoms with Gasteiger partial charge in [0.2, 0.25) is 5.95 Å². The summed E-state index contributed by atoms with van der Waals surface area (Å²) in [5, 5.41) is 5.90. The zero-order valence-electron chi connectivity index (χ0n) is 16.3. The van der Waals surface area contributed by atoms with Crippen molar-refractivity contribution in [3.8, 4) is 0 Å². The van der Waals surface area contributed by atoms with Crippen LogP contribution in [0.4, 0.5) is 19.1 Å². The zero-order chi connectivity index (χ0) is 20.6. The number of halogens is 4. The monoisotopic (exact) mass is 530 g/mol. The van der Waals surface area contributed by atoms with Crippen molar-refractivity contribution in [3.05, 3.63) is 18.0 Å². The average Bonchev–Trinajstić information content (AvgIpc) is 2.68. The molecule has 1 aliphatic rings. The second-order valence-electron chi connectivity index (χ2n) is 6.18. The van der Waals surface area contributed by atoms with Crippen molar-refractivity contribution in [3.63, 3.8) is 0 Å². The number of aromatic nitrogens is 2. The molecule has 0 atom stereocenters. The number of nitrogens with zero attached hydrogens (tertiary/aromatic N) is 4. The third-order valence-electron chi connectivity index (χ3n) is 4.26. The number of piperidine rings is 1. The third kappa shape index (κ3) is 7.82. The van der Waals surface area contributed by atoms with Crippen LogP contribution in [0, 0.1) is 5.92 Å². The number of guanidine groups is 1. The van der Waals surface area contributed by atoms with Gasteiger partial charge in [-0.15, -0.1) is 24.0 Å². The molecule has 2 heterocycles. The lowest BCUT2D eigenvalue weighted by molar-refractivity contribution is -0.149. The molecule has 1 saturated heterocycles. The number of aliphatic imine (C=N–C) groups is 1. The van der Waals surface area contributed by atoms with Gasteiger partial charge in [-0.3, -0.25) is 9.79 Å². The Morgan fingerprint density at radius 3 is 2.62 bits per heavy atom. The van der Waals surface area contributed by atoms with Crippen LogP contribution in [-0.4, -0.2) is 66.6 Å². The fourth-order valence-electron chi connectivity index (χ4n) is 2.87. The Morgan fingerprint density at radius 2 is 2.03 bits per heavy atom. The van der Waals surface area contributed by atoms with E-state index in [9.17, 15) is 18.0 Å². The van der Waals surface area contributed by atoms with Crippen molar-refractivity contribution in [2.75, 3.05) is 45.2 Å². The molecule has 2 N–H and O–H groups in total. The van der Waals surface area contributed by atoms with Gasteiger partial charge in [0.1, 0.15) is 5.69 Å². The smallest absolute Gasteiger partial charge is 0.433 e. The summed E-state index contributed by atoms with van der Waals surface area (Å²) in [6.45, 7) is 4.26. The molecular formula is C17H26F3IN6O2. The summed E-state index contributed by atoms with van der Waals surface area (Å²) in [5.74, 6) is 0.348. The number of alkyl halides is 3. The van der Waals surface area contributed by atoms with E-state index in [4.69, 9.17) is 4.74 Å². The highest BCUT2D eigenvalue weighted by molar-refractivity contribution is 14.0. The van der Waals surface area contributed by atoms with Crippen LogP contribution in [0.1, 0.15) is 25.5 Å². The second-order valence-corrected chi connectivity index (χ2v) is 6.18. The number of hydrogen-bond donors (Lipinski definition) is 2. The topological polar surface area (TPSA) is 91.7 Å². The first-order chi connectivity index (χ1) is 13.3. The summed E-state index contributed by atoms with van der Waals surface area (Å²) in [5.41, 5.74) is -0.988. The second kappa shape index (κ2) is 12.0. The maximum Gasteiger partial charge on any atom is 0.433 e. The number of carbonyl (C=O) groups excluding carboxylic acids is 1. The Bertz CT molecular complexity index is 681. The fourth-order valence-corrected chi connectivity index (χ4v) is 2.87. The SMILES string of the molecule is CCOC(=O)C1CCN(C(=NC)NCCNc2nccc(C(F)(F)F)n2)CC1.I. The predicted molar refractivity (Wildman–Crippen MR) is 113 cm³/mol. The Morgan fingerprint density at radius 1 is 1.34 bits per heavy atom. The molecule has 0 unspecified atom stereocenters. The number of nitrogens with one attached hydrogen (secondary N) is 2. The lowest BCUT2D eigenvalue weighted by atomic mass is 9.97. The highest BCUT2D eigenvalue weighted by atomic mass is 127. The molecule has 29 heavy (non-hydrogen) atoms. The summed E-state index contributed by atoms with van der Waals surface area (Å²) in [6.07, 6.45) is -2.06. The van der Waals surface area contributed by atoms with Crippen LogP contribution in [0.5, 0.6) is 0 Å². The van der Waals surface area contributed by atoms with Gasteiger partial charge in [-0.25, -0.2) is 9.97 Å². The van der Waals surface area contributed by atoms with E-state index in [1.807, 2.05) is 4.90 Å². The molecule has 1 aromatic rings. The quantitative estimate of drug-likeness (QED) is 0.192. The summed E-state index contributed by atoms with van der Waals surface area (Å²) >= 11 is 0. The molecule has 164 valence electrons. The number of esters is 1. The number of carbonyl (C=O) groups is 1. The summed E-state index contributed by atoms with van der Waals surface area (Å²) in [7, 11) is 1.66. The minimum atomic E-state index is -4.50. The Hall–Kier alpha value is -1.86. The highest BCUT2D eigenvalue weighted by Gasteiger charge is 2.32. The molecular weight excluding hydrogens is 504 g/mol. The van der Waals surface area contributed by atoms with Gasteiger partial charge < -0.3 is 20.3 Å². The van der Waals surface area contributed by atoms with E-state index in [2.05, 4.69) is 25.6 Å². The first-order valence-corrected chi connectivity index (χ1v) is 9.11. The standard InChI is InChI=1S/C17H25F3N6O2.HI/c1-3-28-14(27)12-5-10-26(11-6-12)16(21-2)24-9-8-23-15-22-7-4-13(25-15)17(18,19)20;/h4,7,12H,3,5-6,8-11H2,1-2H3,(H,21,24)(H,22,23,25);1H. The van der Waals surface area contributed by atoms with Crippen LogP contribution in [-0.2, 0) is 15.7 Å². The van der Waals surface area contributed by atoms with Crippen molar-refractivity contribution in [2.45, 2.75) is 25.9 Å². The number of rotatable bonds is 6. The minimum Gasteiger partial charge on any atom is -0.466 e. The van der Waals surface area contributed by atoms with E-state index in [1.54, 1.807) is 14.0 Å². The molecule has 0 aliphatic carbocycles. The van der Waals surface area contributed by atoms with E-state index < -0.39 is 11.9 Å². The van der Waals surface area contributed by atoms with Crippen LogP contribution in [0.3, 0.4) is 0 Å². The predicted octanol–water partition coefficient (Wildman–Crippen LogP) is 2.38. The van der Waals surface area contributed by atoms with Gasteiger partial charge in [-0.1, -0.05) is 0 Å². The van der Waals surface area contributed by atoms with Crippen molar-refractivity contribution in [2.24, 2.45) is 10.9 Å². The van der Waals surface area contributed by atoms with Gasteiger partial charge in [0, 0.05) is 39.4 Å². The van der Waals surface area contributed by atoms with Gasteiger partial charge in [-0.2, -0.15) is 13.2 Å². The van der Waals surface area contributed by atoms with Crippen LogP contribution < -0.4 is 10.6 Å². The van der Waals surface area contributed by atoms with E-state index >= 15 is 0 Å². The van der Waals surface area contributed by atoms with Crippen molar-refractivity contribution >= 4 is 41.9 Å². The Labute approximate surface area is 184 Å². The third-order valence-corrected chi connectivity index (χ3v) is 4.26. The highest BCUT2D eigenvalue weighted by Crippen LogP contribution is 2.27. The Balaban J connectivity index is 0.00000420. The van der Waals surface area contributed by atoms with Crippen molar-refractivity contribution in [1.82, 2.24) is 20.2 Å². The van der Waals surface area contributed by atoms with Crippen LogP contribution in [0.15, 0.2) is 17.3 Å². The molecule has 12 heteroatoms. The van der Waals surface area contributed by atoms with Crippen LogP contribution >= 0.6 is 24.0 Å². The molecule has 1 aromatic heterocycles. The van der Waals surface area contributed by atoms with Gasteiger partial charge >= 0.3 is 12.1 Å². The number of likely N-dealkylation sites (tertiary alicyclic amines) is 1. The number of ether oxygens (including phenoxy) is 1. The zero-order valence-corrected chi connectivity index (χ0v) is 18.7. The molecule has 8 nitrogen and oxygen atoms in total. The molecule has 0 saturated carbocycles. The molecule has 1 aliphatic heterocycles. The van der Waals surface area contributed by atoms with E-state index in [1.165, 1.54) is 0 Å². The summed E-state index contributed by atoms with van der Waals surface area (Å²) < 4.78 is 43.0. The summed E-state index contributed by atoms with van der Waals surface area (Å²) in [6, 6.07) is 0.825. The number of anilines is 1. The van der Waals surface area contributed by atoms with Crippen molar-refractivity contribution in [1.29, 1.82) is 0 Å². The van der Waals surface area contributed by atoms with Gasteiger partial charge in [0.15, 0.2) is 5.96 Å². The number of hydrogen-bond acceptors (Lipinski definition) is 6. The average molecular weight is 530 g/mol. The van der Waals surface area contributed by atoms with Gasteiger partial charge in [0.05, 0.1) is 12.5 Å². The molecule has 0 aromatic carbocycles. The molecule has 0 amide bonds. The summed E-state index contributed by atoms with van der Waals surface area (Å²) in [4.78, 5) is 25.3. The maximum absolute atomic E-state index is 12.7. The maximum atomic E-state index is 12.7. The van der Waals surface area contributed by atoms with E-state index in [0.717, 1.165) is 12.3 Å². The van der Waals surface area contributed by atoms with Crippen LogP contribution in [0.25, 0.3) is 0 Å². The van der Waals surface area contributed by atoms with Gasteiger partial charge in [-0.05, 0) is 25.8 Å². The lowest BCUT2D eigenvalue weighted by Gasteiger charge is -2.33. The van der Waals surface area contributed by atoms with Crippen LogP contribution in [0.2, 0.25) is 0 Å². The normalized spacial score (nSPS) is 15.5. The van der Waals surface area contributed by atoms with E-state index in [0.29, 0.717) is 51.6 Å². The molecule has 2 rings (SSSR count). The molecule has 1 fully saturated rings.